The SMILES string of the molecule is CCOC(=O)c1ccccc1[C@H]1[C@@H](OC)C(=O)N1SC. The van der Waals surface area contributed by atoms with Crippen molar-refractivity contribution in [1.29, 1.82) is 0 Å². The number of nitrogens with zero attached hydrogens (tertiary/aromatic N) is 1. The standard InChI is InChI=1S/C14H17NO4S/c1-4-19-14(17)10-8-6-5-7-9(10)11-12(18-2)13(16)15(11)20-3/h5-8,11-12H,4H2,1-3H3/t11-,12+/m0/s1. The number of methoxy groups -OCH3 is 1. The van der Waals surface area contributed by atoms with E-state index in [4.69, 9.17) is 9.47 Å². The number of amides is 1. The average molecular weight is 295 g/mol. The van der Waals surface area contributed by atoms with Gasteiger partial charge in [-0.3, -0.25) is 9.10 Å². The number of ether oxygens (including phenoxy) is 2. The molecule has 6 heteroatoms. The normalized spacial score (nSPS) is 21.6. The van der Waals surface area contributed by atoms with E-state index in [1.807, 2.05) is 18.4 Å². The number of hydrogen-bond acceptors (Lipinski definition) is 5. The van der Waals surface area contributed by atoms with Gasteiger partial charge in [-0.05, 0) is 18.6 Å². The van der Waals surface area contributed by atoms with E-state index in [1.165, 1.54) is 19.1 Å². The quantitative estimate of drug-likeness (QED) is 0.473. The van der Waals surface area contributed by atoms with Crippen LogP contribution in [0.2, 0.25) is 0 Å². The van der Waals surface area contributed by atoms with Crippen molar-refractivity contribution in [1.82, 2.24) is 4.31 Å². The third-order valence-corrected chi connectivity index (χ3v) is 4.03. The summed E-state index contributed by atoms with van der Waals surface area (Å²) in [5.41, 5.74) is 1.24. The molecule has 0 unspecified atom stereocenters. The zero-order valence-electron chi connectivity index (χ0n) is 11.7. The van der Waals surface area contributed by atoms with Gasteiger partial charge in [-0.1, -0.05) is 30.1 Å². The average Bonchev–Trinajstić information content (AvgIpc) is 2.46. The van der Waals surface area contributed by atoms with Crippen molar-refractivity contribution >= 4 is 23.8 Å². The van der Waals surface area contributed by atoms with Crippen LogP contribution in [0.3, 0.4) is 0 Å². The lowest BCUT2D eigenvalue weighted by atomic mass is 9.90. The van der Waals surface area contributed by atoms with Crippen LogP contribution in [0.4, 0.5) is 0 Å². The molecule has 0 N–H and O–H groups in total. The van der Waals surface area contributed by atoms with Gasteiger partial charge in [0.05, 0.1) is 12.2 Å². The van der Waals surface area contributed by atoms with Crippen molar-refractivity contribution in [2.45, 2.75) is 19.1 Å². The lowest BCUT2D eigenvalue weighted by molar-refractivity contribution is -0.158. The van der Waals surface area contributed by atoms with Gasteiger partial charge in [-0.25, -0.2) is 4.79 Å². The minimum atomic E-state index is -0.543. The predicted octanol–water partition coefficient (Wildman–Crippen LogP) is 2.04. The molecule has 1 amide bonds. The number of hydrogen-bond donors (Lipinski definition) is 0. The zero-order chi connectivity index (χ0) is 14.7. The highest BCUT2D eigenvalue weighted by Crippen LogP contribution is 2.42. The first-order valence-electron chi connectivity index (χ1n) is 6.31. The number of β-lactam (4-membered cyclic amide) rings is 1. The van der Waals surface area contributed by atoms with E-state index >= 15 is 0 Å². The Bertz CT molecular complexity index is 506. The molecule has 5 nitrogen and oxygen atoms in total. The van der Waals surface area contributed by atoms with Crippen molar-refractivity contribution in [3.63, 3.8) is 0 Å². The van der Waals surface area contributed by atoms with E-state index in [2.05, 4.69) is 0 Å². The maximum Gasteiger partial charge on any atom is 0.338 e. The van der Waals surface area contributed by atoms with E-state index < -0.39 is 6.10 Å². The molecule has 0 bridgehead atoms. The molecule has 0 saturated carbocycles. The zero-order valence-corrected chi connectivity index (χ0v) is 12.5. The second-order valence-electron chi connectivity index (χ2n) is 4.26. The number of benzene rings is 1. The third kappa shape index (κ3) is 2.41. The predicted molar refractivity (Wildman–Crippen MR) is 76.3 cm³/mol. The molecule has 1 aliphatic rings. The second-order valence-corrected chi connectivity index (χ2v) is 5.01. The first-order chi connectivity index (χ1) is 9.65. The molecule has 0 radical (unpaired) electrons. The monoisotopic (exact) mass is 295 g/mol. The largest absolute Gasteiger partial charge is 0.462 e. The fourth-order valence-electron chi connectivity index (χ4n) is 2.31. The van der Waals surface area contributed by atoms with Gasteiger partial charge in [0, 0.05) is 13.4 Å². The van der Waals surface area contributed by atoms with E-state index in [1.54, 1.807) is 23.4 Å². The maximum absolute atomic E-state index is 12.0. The lowest BCUT2D eigenvalue weighted by Gasteiger charge is -2.45. The highest BCUT2D eigenvalue weighted by Gasteiger charge is 2.49. The topological polar surface area (TPSA) is 55.8 Å². The van der Waals surface area contributed by atoms with Crippen LogP contribution in [-0.2, 0) is 14.3 Å². The van der Waals surface area contributed by atoms with Crippen LogP contribution >= 0.6 is 11.9 Å². The molecule has 0 aliphatic carbocycles. The summed E-state index contributed by atoms with van der Waals surface area (Å²) in [5, 5.41) is 0. The fraction of sp³-hybridized carbons (Fsp3) is 0.429. The molecule has 0 spiro atoms. The molecule has 2 rings (SSSR count). The summed E-state index contributed by atoms with van der Waals surface area (Å²) in [6.07, 6.45) is 1.28. The highest BCUT2D eigenvalue weighted by atomic mass is 32.2. The van der Waals surface area contributed by atoms with E-state index in [-0.39, 0.29) is 17.9 Å². The van der Waals surface area contributed by atoms with Crippen LogP contribution in [-0.4, -0.2) is 42.3 Å². The Morgan fingerprint density at radius 1 is 1.40 bits per heavy atom. The Kier molecular flexibility index (Phi) is 4.67. The van der Waals surface area contributed by atoms with Crippen molar-refractivity contribution < 1.29 is 19.1 Å². The summed E-state index contributed by atoms with van der Waals surface area (Å²) in [7, 11) is 1.50. The summed E-state index contributed by atoms with van der Waals surface area (Å²) >= 11 is 1.33. The third-order valence-electron chi connectivity index (χ3n) is 3.23. The molecule has 2 atom stereocenters. The Balaban J connectivity index is 2.37. The number of rotatable bonds is 5. The smallest absolute Gasteiger partial charge is 0.338 e. The van der Waals surface area contributed by atoms with Gasteiger partial charge in [0.15, 0.2) is 6.10 Å². The van der Waals surface area contributed by atoms with Crippen molar-refractivity contribution in [3.8, 4) is 0 Å². The summed E-state index contributed by atoms with van der Waals surface area (Å²) in [5.74, 6) is -0.456. The molecule has 1 saturated heterocycles. The van der Waals surface area contributed by atoms with Crippen LogP contribution in [0.15, 0.2) is 24.3 Å². The van der Waals surface area contributed by atoms with Gasteiger partial charge in [-0.15, -0.1) is 0 Å². The summed E-state index contributed by atoms with van der Waals surface area (Å²) in [4.78, 5) is 23.9. The van der Waals surface area contributed by atoms with Crippen molar-refractivity contribution in [2.24, 2.45) is 0 Å². The van der Waals surface area contributed by atoms with Crippen LogP contribution in [0.1, 0.15) is 28.9 Å². The van der Waals surface area contributed by atoms with Gasteiger partial charge in [0.25, 0.3) is 5.91 Å². The van der Waals surface area contributed by atoms with Gasteiger partial charge in [-0.2, -0.15) is 0 Å². The molecule has 1 aliphatic heterocycles. The van der Waals surface area contributed by atoms with Crippen molar-refractivity contribution in [3.05, 3.63) is 35.4 Å². The minimum absolute atomic E-state index is 0.0799. The molecule has 1 aromatic rings. The Morgan fingerprint density at radius 2 is 2.10 bits per heavy atom. The van der Waals surface area contributed by atoms with Gasteiger partial charge in [0.2, 0.25) is 0 Å². The van der Waals surface area contributed by atoms with E-state index in [0.29, 0.717) is 12.2 Å². The first kappa shape index (κ1) is 14.9. The van der Waals surface area contributed by atoms with E-state index in [9.17, 15) is 9.59 Å². The van der Waals surface area contributed by atoms with Crippen molar-refractivity contribution in [2.75, 3.05) is 20.0 Å². The molecular formula is C14H17NO4S. The van der Waals surface area contributed by atoms with Gasteiger partial charge in [0.1, 0.15) is 6.04 Å². The summed E-state index contributed by atoms with van der Waals surface area (Å²) < 4.78 is 11.9. The highest BCUT2D eigenvalue weighted by molar-refractivity contribution is 7.96. The molecule has 1 aromatic carbocycles. The first-order valence-corrected chi connectivity index (χ1v) is 7.49. The molecule has 20 heavy (non-hydrogen) atoms. The van der Waals surface area contributed by atoms with E-state index in [0.717, 1.165) is 5.56 Å². The lowest BCUT2D eigenvalue weighted by Crippen LogP contribution is -2.56. The van der Waals surface area contributed by atoms with Crippen LogP contribution in [0.5, 0.6) is 0 Å². The maximum atomic E-state index is 12.0. The second kappa shape index (κ2) is 6.28. The minimum Gasteiger partial charge on any atom is -0.462 e. The Labute approximate surface area is 122 Å². The van der Waals surface area contributed by atoms with Gasteiger partial charge < -0.3 is 9.47 Å². The molecule has 1 fully saturated rings. The molecule has 1 heterocycles. The van der Waals surface area contributed by atoms with Crippen LogP contribution < -0.4 is 0 Å². The Hall–Kier alpha value is -1.53. The number of carbonyl (C=O) groups excluding carboxylic acids is 2. The van der Waals surface area contributed by atoms with Crippen LogP contribution in [0.25, 0.3) is 0 Å². The molecule has 0 aromatic heterocycles. The number of esters is 1. The number of carbonyl (C=O) groups is 2. The van der Waals surface area contributed by atoms with Gasteiger partial charge >= 0.3 is 5.97 Å². The Morgan fingerprint density at radius 3 is 2.70 bits per heavy atom. The van der Waals surface area contributed by atoms with Crippen LogP contribution in [0, 0.1) is 0 Å². The molecule has 108 valence electrons. The summed E-state index contributed by atoms with van der Waals surface area (Å²) in [6, 6.07) is 6.90. The fourth-order valence-corrected chi connectivity index (χ4v) is 3.05. The molecular weight excluding hydrogens is 278 g/mol. The summed E-state index contributed by atoms with van der Waals surface area (Å²) in [6.45, 7) is 2.08.